The van der Waals surface area contributed by atoms with Crippen molar-refractivity contribution in [3.05, 3.63) is 71.3 Å². The van der Waals surface area contributed by atoms with E-state index >= 15 is 0 Å². The average molecular weight is 370 g/mol. The van der Waals surface area contributed by atoms with Crippen molar-refractivity contribution in [2.75, 3.05) is 13.7 Å². The van der Waals surface area contributed by atoms with E-state index in [9.17, 15) is 4.79 Å². The molecule has 0 fully saturated rings. The predicted octanol–water partition coefficient (Wildman–Crippen LogP) is 4.40. The number of hydrogen-bond donors (Lipinski definition) is 0. The molecule has 0 spiro atoms. The highest BCUT2D eigenvalue weighted by Gasteiger charge is 2.08. The molecular formula is C20H16ClNO4. The maximum absolute atomic E-state index is 12.0. The highest BCUT2D eigenvalue weighted by atomic mass is 35.5. The maximum Gasteiger partial charge on any atom is 0.336 e. The summed E-state index contributed by atoms with van der Waals surface area (Å²) in [5.74, 6) is 0.711. The van der Waals surface area contributed by atoms with Gasteiger partial charge in [0, 0.05) is 6.08 Å². The molecule has 26 heavy (non-hydrogen) atoms. The van der Waals surface area contributed by atoms with Crippen LogP contribution in [-0.2, 0) is 4.79 Å². The zero-order valence-corrected chi connectivity index (χ0v) is 14.8. The first kappa shape index (κ1) is 19.1. The van der Waals surface area contributed by atoms with E-state index in [0.717, 1.165) is 5.56 Å². The molecule has 0 bridgehead atoms. The number of esters is 1. The van der Waals surface area contributed by atoms with Crippen LogP contribution in [0.15, 0.2) is 55.1 Å². The van der Waals surface area contributed by atoms with Crippen molar-refractivity contribution in [2.24, 2.45) is 0 Å². The van der Waals surface area contributed by atoms with E-state index in [4.69, 9.17) is 31.1 Å². The minimum Gasteiger partial charge on any atom is -0.493 e. The zero-order chi connectivity index (χ0) is 18.9. The van der Waals surface area contributed by atoms with Gasteiger partial charge in [-0.1, -0.05) is 30.3 Å². The fourth-order valence-electron chi connectivity index (χ4n) is 2.02. The molecule has 2 rings (SSSR count). The summed E-state index contributed by atoms with van der Waals surface area (Å²) in [6.07, 6.45) is 4.49. The third kappa shape index (κ3) is 5.13. The number of hydrogen-bond acceptors (Lipinski definition) is 5. The van der Waals surface area contributed by atoms with Crippen molar-refractivity contribution < 1.29 is 19.0 Å². The molecule has 0 heterocycles. The van der Waals surface area contributed by atoms with Gasteiger partial charge in [0.15, 0.2) is 11.5 Å². The minimum absolute atomic E-state index is 0.186. The SMILES string of the molecule is C=CCOc1ccc(/C=C/C(=O)Oc2ccc(C#N)cc2Cl)cc1OC. The fraction of sp³-hybridized carbons (Fsp3) is 0.100. The van der Waals surface area contributed by atoms with Gasteiger partial charge in [-0.15, -0.1) is 0 Å². The number of methoxy groups -OCH3 is 1. The van der Waals surface area contributed by atoms with Gasteiger partial charge in [0.25, 0.3) is 0 Å². The van der Waals surface area contributed by atoms with Gasteiger partial charge < -0.3 is 14.2 Å². The van der Waals surface area contributed by atoms with E-state index in [1.165, 1.54) is 31.4 Å². The summed E-state index contributed by atoms with van der Waals surface area (Å²) >= 11 is 5.98. The lowest BCUT2D eigenvalue weighted by atomic mass is 10.2. The summed E-state index contributed by atoms with van der Waals surface area (Å²) in [7, 11) is 1.53. The van der Waals surface area contributed by atoms with E-state index in [0.29, 0.717) is 23.7 Å². The van der Waals surface area contributed by atoms with E-state index in [2.05, 4.69) is 6.58 Å². The molecule has 0 N–H and O–H groups in total. The van der Waals surface area contributed by atoms with Crippen LogP contribution in [-0.4, -0.2) is 19.7 Å². The molecule has 0 atom stereocenters. The Labute approximate surface area is 156 Å². The second-order valence-electron chi connectivity index (χ2n) is 5.02. The second kappa shape index (κ2) is 9.30. The molecule has 0 aliphatic rings. The number of carbonyl (C=O) groups excluding carboxylic acids is 1. The Kier molecular flexibility index (Phi) is 6.84. The average Bonchev–Trinajstić information content (AvgIpc) is 2.66. The summed E-state index contributed by atoms with van der Waals surface area (Å²) in [6.45, 7) is 3.96. The van der Waals surface area contributed by atoms with E-state index in [-0.39, 0.29) is 10.8 Å². The predicted molar refractivity (Wildman–Crippen MR) is 99.5 cm³/mol. The van der Waals surface area contributed by atoms with Gasteiger partial charge in [-0.05, 0) is 42.0 Å². The van der Waals surface area contributed by atoms with E-state index in [1.54, 1.807) is 30.4 Å². The number of nitriles is 1. The smallest absolute Gasteiger partial charge is 0.336 e. The summed E-state index contributed by atoms with van der Waals surface area (Å²) < 4.78 is 15.9. The molecule has 2 aromatic rings. The van der Waals surface area contributed by atoms with Gasteiger partial charge in [-0.25, -0.2) is 4.79 Å². The molecule has 0 amide bonds. The van der Waals surface area contributed by atoms with Crippen molar-refractivity contribution >= 4 is 23.6 Å². The third-order valence-corrected chi connectivity index (χ3v) is 3.52. The topological polar surface area (TPSA) is 68.5 Å². The largest absolute Gasteiger partial charge is 0.493 e. The van der Waals surface area contributed by atoms with Crippen LogP contribution in [0.1, 0.15) is 11.1 Å². The molecule has 2 aromatic carbocycles. The molecule has 6 heteroatoms. The van der Waals surface area contributed by atoms with Crippen molar-refractivity contribution in [2.45, 2.75) is 0 Å². The Morgan fingerprint density at radius 2 is 2.00 bits per heavy atom. The number of rotatable bonds is 7. The lowest BCUT2D eigenvalue weighted by Gasteiger charge is -2.09. The number of carbonyl (C=O) groups is 1. The van der Waals surface area contributed by atoms with Crippen LogP contribution in [0.25, 0.3) is 6.08 Å². The van der Waals surface area contributed by atoms with E-state index in [1.807, 2.05) is 6.07 Å². The standard InChI is InChI=1S/C20H16ClNO4/c1-3-10-25-18-8-4-14(12-19(18)24-2)6-9-20(23)26-17-7-5-15(13-22)11-16(17)21/h3-9,11-12H,1,10H2,2H3/b9-6+. The molecule has 0 aromatic heterocycles. The van der Waals surface area contributed by atoms with Crippen LogP contribution in [0.5, 0.6) is 17.2 Å². The molecule has 0 radical (unpaired) electrons. The normalized spacial score (nSPS) is 10.2. The molecular weight excluding hydrogens is 354 g/mol. The molecule has 5 nitrogen and oxygen atoms in total. The third-order valence-electron chi connectivity index (χ3n) is 3.23. The van der Waals surface area contributed by atoms with Crippen LogP contribution < -0.4 is 14.2 Å². The Morgan fingerprint density at radius 1 is 1.23 bits per heavy atom. The van der Waals surface area contributed by atoms with Gasteiger partial charge in [0.1, 0.15) is 12.4 Å². The molecule has 0 aliphatic carbocycles. The summed E-state index contributed by atoms with van der Waals surface area (Å²) in [5, 5.41) is 8.99. The van der Waals surface area contributed by atoms with Crippen molar-refractivity contribution in [1.82, 2.24) is 0 Å². The van der Waals surface area contributed by atoms with Crippen LogP contribution in [0.2, 0.25) is 5.02 Å². The Bertz CT molecular complexity index is 884. The first-order valence-corrected chi connectivity index (χ1v) is 7.96. The number of ether oxygens (including phenoxy) is 3. The van der Waals surface area contributed by atoms with Gasteiger partial charge in [0.05, 0.1) is 23.8 Å². The second-order valence-corrected chi connectivity index (χ2v) is 5.43. The van der Waals surface area contributed by atoms with Gasteiger partial charge >= 0.3 is 5.97 Å². The van der Waals surface area contributed by atoms with Crippen LogP contribution in [0.4, 0.5) is 0 Å². The van der Waals surface area contributed by atoms with Gasteiger partial charge in [-0.2, -0.15) is 5.26 Å². The van der Waals surface area contributed by atoms with Crippen molar-refractivity contribution in [3.8, 4) is 23.3 Å². The molecule has 0 unspecified atom stereocenters. The maximum atomic E-state index is 12.0. The van der Waals surface area contributed by atoms with Crippen LogP contribution in [0, 0.1) is 11.3 Å². The summed E-state index contributed by atoms with van der Waals surface area (Å²) in [6, 6.07) is 11.6. The first-order valence-electron chi connectivity index (χ1n) is 7.58. The lowest BCUT2D eigenvalue weighted by Crippen LogP contribution is -2.04. The number of benzene rings is 2. The summed E-state index contributed by atoms with van der Waals surface area (Å²) in [5.41, 5.74) is 1.12. The minimum atomic E-state index is -0.595. The van der Waals surface area contributed by atoms with Gasteiger partial charge in [-0.3, -0.25) is 0 Å². The first-order chi connectivity index (χ1) is 12.6. The molecule has 0 saturated heterocycles. The van der Waals surface area contributed by atoms with Crippen molar-refractivity contribution in [3.63, 3.8) is 0 Å². The zero-order valence-electron chi connectivity index (χ0n) is 14.1. The number of halogens is 1. The van der Waals surface area contributed by atoms with Gasteiger partial charge in [0.2, 0.25) is 0 Å². The molecule has 0 aliphatic heterocycles. The van der Waals surface area contributed by atoms with Crippen molar-refractivity contribution in [1.29, 1.82) is 5.26 Å². The quantitative estimate of drug-likeness (QED) is 0.313. The molecule has 132 valence electrons. The highest BCUT2D eigenvalue weighted by Crippen LogP contribution is 2.29. The number of nitrogens with zero attached hydrogens (tertiary/aromatic N) is 1. The highest BCUT2D eigenvalue weighted by molar-refractivity contribution is 6.32. The molecule has 0 saturated carbocycles. The summed E-state index contributed by atoms with van der Waals surface area (Å²) in [4.78, 5) is 12.0. The Morgan fingerprint density at radius 3 is 2.65 bits per heavy atom. The monoisotopic (exact) mass is 369 g/mol. The fourth-order valence-corrected chi connectivity index (χ4v) is 2.23. The Hall–Kier alpha value is -3.23. The Balaban J connectivity index is 2.08. The van der Waals surface area contributed by atoms with Crippen LogP contribution >= 0.6 is 11.6 Å². The van der Waals surface area contributed by atoms with Crippen LogP contribution in [0.3, 0.4) is 0 Å². The van der Waals surface area contributed by atoms with E-state index < -0.39 is 5.97 Å². The lowest BCUT2D eigenvalue weighted by molar-refractivity contribution is -0.128.